The summed E-state index contributed by atoms with van der Waals surface area (Å²) >= 11 is 3.39. The van der Waals surface area contributed by atoms with Crippen molar-refractivity contribution in [3.05, 3.63) is 16.9 Å². The van der Waals surface area contributed by atoms with Gasteiger partial charge in [0.1, 0.15) is 10.8 Å². The molecule has 2 atom stereocenters. The van der Waals surface area contributed by atoms with Crippen molar-refractivity contribution in [1.82, 2.24) is 4.98 Å². The van der Waals surface area contributed by atoms with E-state index in [1.54, 1.807) is 6.20 Å². The third-order valence-electron chi connectivity index (χ3n) is 3.14. The molecule has 0 saturated carbocycles. The lowest BCUT2D eigenvalue weighted by atomic mass is 10.1. The fourth-order valence-electron chi connectivity index (χ4n) is 2.40. The number of pyridine rings is 1. The SMILES string of the molecule is CCCC(C)N1c2cc(Br)ncc2NC1CO. The van der Waals surface area contributed by atoms with Crippen LogP contribution in [0.5, 0.6) is 0 Å². The second-order valence-corrected chi connectivity index (χ2v) is 5.22. The van der Waals surface area contributed by atoms with E-state index in [1.165, 1.54) is 0 Å². The lowest BCUT2D eigenvalue weighted by Crippen LogP contribution is -2.44. The fourth-order valence-corrected chi connectivity index (χ4v) is 2.72. The summed E-state index contributed by atoms with van der Waals surface area (Å²) in [4.78, 5) is 6.45. The summed E-state index contributed by atoms with van der Waals surface area (Å²) in [5.41, 5.74) is 2.11. The van der Waals surface area contributed by atoms with E-state index in [-0.39, 0.29) is 12.8 Å². The van der Waals surface area contributed by atoms with Crippen molar-refractivity contribution < 1.29 is 5.11 Å². The van der Waals surface area contributed by atoms with Gasteiger partial charge in [0.15, 0.2) is 0 Å². The third kappa shape index (κ3) is 2.40. The van der Waals surface area contributed by atoms with Crippen LogP contribution < -0.4 is 10.2 Å². The van der Waals surface area contributed by atoms with E-state index in [2.05, 4.69) is 45.0 Å². The van der Waals surface area contributed by atoms with Crippen molar-refractivity contribution in [2.24, 2.45) is 0 Å². The Labute approximate surface area is 110 Å². The number of nitrogens with one attached hydrogen (secondary N) is 1. The number of halogens is 1. The maximum absolute atomic E-state index is 9.46. The molecule has 2 rings (SSSR count). The number of aliphatic hydroxyl groups is 1. The molecule has 5 heteroatoms. The van der Waals surface area contributed by atoms with E-state index in [1.807, 2.05) is 6.07 Å². The largest absolute Gasteiger partial charge is 0.392 e. The zero-order valence-corrected chi connectivity index (χ0v) is 11.7. The molecule has 2 N–H and O–H groups in total. The molecule has 94 valence electrons. The van der Waals surface area contributed by atoms with Gasteiger partial charge in [0.25, 0.3) is 0 Å². The summed E-state index contributed by atoms with van der Waals surface area (Å²) < 4.78 is 0.824. The molecule has 2 heterocycles. The Morgan fingerprint density at radius 2 is 2.41 bits per heavy atom. The Morgan fingerprint density at radius 1 is 1.65 bits per heavy atom. The van der Waals surface area contributed by atoms with Gasteiger partial charge in [-0.05, 0) is 35.3 Å². The van der Waals surface area contributed by atoms with Crippen LogP contribution in [0.2, 0.25) is 0 Å². The maximum Gasteiger partial charge on any atom is 0.123 e. The minimum Gasteiger partial charge on any atom is -0.392 e. The van der Waals surface area contributed by atoms with E-state index in [4.69, 9.17) is 0 Å². The normalized spacial score (nSPS) is 20.0. The van der Waals surface area contributed by atoms with Gasteiger partial charge in [-0.1, -0.05) is 13.3 Å². The van der Waals surface area contributed by atoms with Crippen molar-refractivity contribution >= 4 is 27.3 Å². The van der Waals surface area contributed by atoms with Crippen molar-refractivity contribution in [3.8, 4) is 0 Å². The predicted molar refractivity (Wildman–Crippen MR) is 73.3 cm³/mol. The molecule has 2 unspecified atom stereocenters. The lowest BCUT2D eigenvalue weighted by Gasteiger charge is -2.31. The van der Waals surface area contributed by atoms with Gasteiger partial charge in [-0.15, -0.1) is 0 Å². The van der Waals surface area contributed by atoms with Crippen LogP contribution >= 0.6 is 15.9 Å². The molecule has 17 heavy (non-hydrogen) atoms. The summed E-state index contributed by atoms with van der Waals surface area (Å²) in [5.74, 6) is 0. The summed E-state index contributed by atoms with van der Waals surface area (Å²) in [5, 5.41) is 12.8. The monoisotopic (exact) mass is 299 g/mol. The van der Waals surface area contributed by atoms with E-state index in [0.717, 1.165) is 28.8 Å². The highest BCUT2D eigenvalue weighted by Gasteiger charge is 2.31. The van der Waals surface area contributed by atoms with Gasteiger partial charge in [-0.25, -0.2) is 4.98 Å². The third-order valence-corrected chi connectivity index (χ3v) is 3.57. The molecule has 0 aliphatic carbocycles. The Hall–Kier alpha value is -0.810. The van der Waals surface area contributed by atoms with E-state index >= 15 is 0 Å². The van der Waals surface area contributed by atoms with Gasteiger partial charge in [0, 0.05) is 6.04 Å². The smallest absolute Gasteiger partial charge is 0.123 e. The standard InChI is InChI=1S/C12H18BrN3O/c1-3-4-8(2)16-10-5-11(13)14-6-9(10)15-12(16)7-17/h5-6,8,12,15,17H,3-4,7H2,1-2H3. The fraction of sp³-hybridized carbons (Fsp3) is 0.583. The van der Waals surface area contributed by atoms with Crippen molar-refractivity contribution in [1.29, 1.82) is 0 Å². The molecule has 0 amide bonds. The molecule has 0 bridgehead atoms. The molecule has 0 fully saturated rings. The van der Waals surface area contributed by atoms with E-state index in [0.29, 0.717) is 6.04 Å². The minimum atomic E-state index is -0.0392. The molecule has 1 aliphatic rings. The molecule has 4 nitrogen and oxygen atoms in total. The van der Waals surface area contributed by atoms with Crippen molar-refractivity contribution in [2.75, 3.05) is 16.8 Å². The molecule has 1 aromatic rings. The van der Waals surface area contributed by atoms with Crippen LogP contribution in [0, 0.1) is 0 Å². The quantitative estimate of drug-likeness (QED) is 0.839. The number of aliphatic hydroxyl groups excluding tert-OH is 1. The average Bonchev–Trinajstić information content (AvgIpc) is 2.66. The Balaban J connectivity index is 2.32. The first-order chi connectivity index (χ1) is 8.17. The van der Waals surface area contributed by atoms with Gasteiger partial charge < -0.3 is 15.3 Å². The highest BCUT2D eigenvalue weighted by Crippen LogP contribution is 2.37. The van der Waals surface area contributed by atoms with Crippen LogP contribution in [0.1, 0.15) is 26.7 Å². The highest BCUT2D eigenvalue weighted by molar-refractivity contribution is 9.10. The maximum atomic E-state index is 9.46. The van der Waals surface area contributed by atoms with Gasteiger partial charge >= 0.3 is 0 Å². The molecule has 0 aromatic carbocycles. The lowest BCUT2D eigenvalue weighted by molar-refractivity contribution is 0.267. The van der Waals surface area contributed by atoms with Crippen LogP contribution in [0.15, 0.2) is 16.9 Å². The van der Waals surface area contributed by atoms with Gasteiger partial charge in [-0.2, -0.15) is 0 Å². The van der Waals surface area contributed by atoms with Crippen LogP contribution in [0.25, 0.3) is 0 Å². The number of anilines is 2. The first kappa shape index (κ1) is 12.6. The molecule has 0 spiro atoms. The molecule has 1 aliphatic heterocycles. The van der Waals surface area contributed by atoms with Gasteiger partial charge in [0.2, 0.25) is 0 Å². The number of rotatable bonds is 4. The number of hydrogen-bond acceptors (Lipinski definition) is 4. The number of hydrogen-bond donors (Lipinski definition) is 2. The average molecular weight is 300 g/mol. The molecule has 0 radical (unpaired) electrons. The topological polar surface area (TPSA) is 48.4 Å². The van der Waals surface area contributed by atoms with E-state index < -0.39 is 0 Å². The summed E-state index contributed by atoms with van der Waals surface area (Å²) in [6, 6.07) is 2.41. The second-order valence-electron chi connectivity index (χ2n) is 4.41. The zero-order chi connectivity index (χ0) is 12.4. The summed E-state index contributed by atoms with van der Waals surface area (Å²) in [6.45, 7) is 4.47. The Bertz CT molecular complexity index is 399. The van der Waals surface area contributed by atoms with E-state index in [9.17, 15) is 5.11 Å². The van der Waals surface area contributed by atoms with Crippen LogP contribution in [-0.2, 0) is 0 Å². The minimum absolute atomic E-state index is 0.0392. The summed E-state index contributed by atoms with van der Waals surface area (Å²) in [7, 11) is 0. The second kappa shape index (κ2) is 5.23. The van der Waals surface area contributed by atoms with Gasteiger partial charge in [-0.3, -0.25) is 0 Å². The Kier molecular flexibility index (Phi) is 3.89. The predicted octanol–water partition coefficient (Wildman–Crippen LogP) is 2.58. The molecule has 0 saturated heterocycles. The van der Waals surface area contributed by atoms with Crippen LogP contribution in [0.4, 0.5) is 11.4 Å². The first-order valence-corrected chi connectivity index (χ1v) is 6.78. The highest BCUT2D eigenvalue weighted by atomic mass is 79.9. The van der Waals surface area contributed by atoms with Crippen LogP contribution in [-0.4, -0.2) is 28.9 Å². The molecular weight excluding hydrogens is 282 g/mol. The molecular formula is C12H18BrN3O. The number of fused-ring (bicyclic) bond motifs is 1. The number of nitrogens with zero attached hydrogens (tertiary/aromatic N) is 2. The summed E-state index contributed by atoms with van der Waals surface area (Å²) in [6.07, 6.45) is 4.01. The van der Waals surface area contributed by atoms with Gasteiger partial charge in [0.05, 0.1) is 24.2 Å². The molecule has 1 aromatic heterocycles. The Morgan fingerprint density at radius 3 is 3.06 bits per heavy atom. The first-order valence-electron chi connectivity index (χ1n) is 5.98. The van der Waals surface area contributed by atoms with Crippen molar-refractivity contribution in [2.45, 2.75) is 38.9 Å². The van der Waals surface area contributed by atoms with Crippen LogP contribution in [0.3, 0.4) is 0 Å². The zero-order valence-electron chi connectivity index (χ0n) is 10.2. The number of aromatic nitrogens is 1. The van der Waals surface area contributed by atoms with Crippen molar-refractivity contribution in [3.63, 3.8) is 0 Å².